The number of allylic oxidation sites excluding steroid dienone is 2. The Kier molecular flexibility index (Phi) is 3.83. The van der Waals surface area contributed by atoms with E-state index in [1.54, 1.807) is 0 Å². The highest BCUT2D eigenvalue weighted by molar-refractivity contribution is 5.14. The molecule has 0 spiro atoms. The van der Waals surface area contributed by atoms with Crippen LogP contribution in [0.4, 0.5) is 0 Å². The Morgan fingerprint density at radius 1 is 0.857 bits per heavy atom. The zero-order chi connectivity index (χ0) is 14.1. The molecule has 3 aliphatic rings. The molecule has 4 rings (SSSR count). The lowest BCUT2D eigenvalue weighted by molar-refractivity contribution is 0.108. The van der Waals surface area contributed by atoms with E-state index in [9.17, 15) is 0 Å². The number of benzene rings is 1. The number of hydrogen-bond donors (Lipinski definition) is 0. The van der Waals surface area contributed by atoms with Crippen LogP contribution in [-0.4, -0.2) is 42.5 Å². The molecule has 1 aromatic rings. The van der Waals surface area contributed by atoms with Crippen LogP contribution in [0, 0.1) is 17.8 Å². The van der Waals surface area contributed by atoms with E-state index in [2.05, 4.69) is 52.3 Å². The van der Waals surface area contributed by atoms with Crippen molar-refractivity contribution in [3.63, 3.8) is 0 Å². The van der Waals surface area contributed by atoms with Gasteiger partial charge in [0.2, 0.25) is 0 Å². The van der Waals surface area contributed by atoms with Gasteiger partial charge in [-0.05, 0) is 36.2 Å². The minimum atomic E-state index is 0.900. The van der Waals surface area contributed by atoms with Crippen LogP contribution in [0.25, 0.3) is 0 Å². The molecule has 21 heavy (non-hydrogen) atoms. The van der Waals surface area contributed by atoms with Crippen molar-refractivity contribution in [1.82, 2.24) is 9.80 Å². The maximum atomic E-state index is 2.71. The molecule has 0 radical (unpaired) electrons. The molecular weight excluding hydrogens is 256 g/mol. The van der Waals surface area contributed by atoms with Crippen molar-refractivity contribution in [1.29, 1.82) is 0 Å². The van der Waals surface area contributed by atoms with E-state index in [1.807, 2.05) is 0 Å². The first-order chi connectivity index (χ1) is 10.4. The Hall–Kier alpha value is -1.12. The molecule has 0 unspecified atom stereocenters. The number of fused-ring (bicyclic) bond motifs is 2. The SMILES string of the molecule is C1=C[C@@H]2C[C@H]1C[C@@H]2CN1CCN(Cc2ccccc2)CC1. The lowest BCUT2D eigenvalue weighted by Crippen LogP contribution is -2.47. The maximum Gasteiger partial charge on any atom is 0.0234 e. The average Bonchev–Trinajstić information content (AvgIpc) is 3.13. The number of piperazine rings is 1. The van der Waals surface area contributed by atoms with Crippen LogP contribution < -0.4 is 0 Å². The molecular formula is C19H26N2. The first-order valence-corrected chi connectivity index (χ1v) is 8.54. The summed E-state index contributed by atoms with van der Waals surface area (Å²) in [6, 6.07) is 10.9. The Bertz CT molecular complexity index is 488. The normalized spacial score (nSPS) is 32.9. The van der Waals surface area contributed by atoms with Gasteiger partial charge in [-0.15, -0.1) is 0 Å². The highest BCUT2D eigenvalue weighted by Gasteiger charge is 2.36. The molecule has 1 saturated heterocycles. The maximum absolute atomic E-state index is 2.71. The zero-order valence-electron chi connectivity index (χ0n) is 12.8. The molecule has 2 heteroatoms. The molecule has 2 aliphatic carbocycles. The predicted octanol–water partition coefficient (Wildman–Crippen LogP) is 3.02. The molecule has 1 aliphatic heterocycles. The van der Waals surface area contributed by atoms with Crippen LogP contribution in [0.2, 0.25) is 0 Å². The van der Waals surface area contributed by atoms with Crippen molar-refractivity contribution in [2.45, 2.75) is 19.4 Å². The van der Waals surface area contributed by atoms with Gasteiger partial charge in [-0.3, -0.25) is 4.90 Å². The lowest BCUT2D eigenvalue weighted by Gasteiger charge is -2.37. The van der Waals surface area contributed by atoms with Crippen LogP contribution in [0.5, 0.6) is 0 Å². The highest BCUT2D eigenvalue weighted by Crippen LogP contribution is 2.43. The van der Waals surface area contributed by atoms with Gasteiger partial charge >= 0.3 is 0 Å². The summed E-state index contributed by atoms with van der Waals surface area (Å²) in [5, 5.41) is 0. The van der Waals surface area contributed by atoms with Crippen LogP contribution >= 0.6 is 0 Å². The van der Waals surface area contributed by atoms with Crippen molar-refractivity contribution in [3.8, 4) is 0 Å². The summed E-state index contributed by atoms with van der Waals surface area (Å²) >= 11 is 0. The minimum Gasteiger partial charge on any atom is -0.300 e. The van der Waals surface area contributed by atoms with Crippen molar-refractivity contribution in [2.24, 2.45) is 17.8 Å². The lowest BCUT2D eigenvalue weighted by atomic mass is 9.93. The molecule has 2 nitrogen and oxygen atoms in total. The van der Waals surface area contributed by atoms with Crippen LogP contribution in [0.3, 0.4) is 0 Å². The van der Waals surface area contributed by atoms with Gasteiger partial charge in [0.15, 0.2) is 0 Å². The minimum absolute atomic E-state index is 0.900. The van der Waals surface area contributed by atoms with Gasteiger partial charge in [-0.2, -0.15) is 0 Å². The molecule has 0 N–H and O–H groups in total. The van der Waals surface area contributed by atoms with Crippen molar-refractivity contribution >= 4 is 0 Å². The Labute approximate surface area is 128 Å². The first-order valence-electron chi connectivity index (χ1n) is 8.54. The molecule has 112 valence electrons. The summed E-state index contributed by atoms with van der Waals surface area (Å²) in [6.45, 7) is 7.42. The van der Waals surface area contributed by atoms with Crippen molar-refractivity contribution < 1.29 is 0 Å². The first kappa shape index (κ1) is 13.5. The van der Waals surface area contributed by atoms with E-state index in [-0.39, 0.29) is 0 Å². The van der Waals surface area contributed by atoms with Crippen LogP contribution in [-0.2, 0) is 6.54 Å². The van der Waals surface area contributed by atoms with Gasteiger partial charge < -0.3 is 4.90 Å². The largest absolute Gasteiger partial charge is 0.300 e. The molecule has 0 amide bonds. The van der Waals surface area contributed by atoms with Crippen LogP contribution in [0.1, 0.15) is 18.4 Å². The van der Waals surface area contributed by atoms with E-state index in [4.69, 9.17) is 0 Å². The Morgan fingerprint density at radius 2 is 1.62 bits per heavy atom. The Morgan fingerprint density at radius 3 is 2.29 bits per heavy atom. The third-order valence-electron chi connectivity index (χ3n) is 5.62. The summed E-state index contributed by atoms with van der Waals surface area (Å²) in [5.41, 5.74) is 1.45. The second-order valence-corrected chi connectivity index (χ2v) is 7.10. The second-order valence-electron chi connectivity index (χ2n) is 7.10. The summed E-state index contributed by atoms with van der Waals surface area (Å²) in [7, 11) is 0. The number of hydrogen-bond acceptors (Lipinski definition) is 2. The molecule has 0 aromatic heterocycles. The smallest absolute Gasteiger partial charge is 0.0234 e. The second kappa shape index (κ2) is 5.94. The average molecular weight is 282 g/mol. The summed E-state index contributed by atoms with van der Waals surface area (Å²) in [6.07, 6.45) is 7.84. The fourth-order valence-electron chi connectivity index (χ4n) is 4.41. The fourth-order valence-corrected chi connectivity index (χ4v) is 4.41. The van der Waals surface area contributed by atoms with E-state index >= 15 is 0 Å². The molecule has 1 saturated carbocycles. The summed E-state index contributed by atoms with van der Waals surface area (Å²) in [5.74, 6) is 2.76. The Balaban J connectivity index is 1.24. The molecule has 1 heterocycles. The summed E-state index contributed by atoms with van der Waals surface area (Å²) in [4.78, 5) is 5.31. The molecule has 2 bridgehead atoms. The van der Waals surface area contributed by atoms with Gasteiger partial charge in [0.1, 0.15) is 0 Å². The predicted molar refractivity (Wildman–Crippen MR) is 87.0 cm³/mol. The van der Waals surface area contributed by atoms with Gasteiger partial charge in [-0.25, -0.2) is 0 Å². The number of nitrogens with zero attached hydrogens (tertiary/aromatic N) is 2. The molecule has 2 fully saturated rings. The van der Waals surface area contributed by atoms with Gasteiger partial charge in [0.25, 0.3) is 0 Å². The standard InChI is InChI=1S/C19H26N2/c1-2-4-16(5-3-1)14-20-8-10-21(11-9-20)15-19-13-17-6-7-18(19)12-17/h1-7,17-19H,8-15H2/t17-,18+,19+/m0/s1. The van der Waals surface area contributed by atoms with Crippen molar-refractivity contribution in [2.75, 3.05) is 32.7 Å². The topological polar surface area (TPSA) is 6.48 Å². The third kappa shape index (κ3) is 3.07. The van der Waals surface area contributed by atoms with Gasteiger partial charge in [0, 0.05) is 39.3 Å². The molecule has 1 aromatic carbocycles. The monoisotopic (exact) mass is 282 g/mol. The van der Waals surface area contributed by atoms with Crippen LogP contribution in [0.15, 0.2) is 42.5 Å². The van der Waals surface area contributed by atoms with E-state index in [0.717, 1.165) is 24.3 Å². The van der Waals surface area contributed by atoms with Crippen molar-refractivity contribution in [3.05, 3.63) is 48.0 Å². The quantitative estimate of drug-likeness (QED) is 0.783. The molecule has 3 atom stereocenters. The highest BCUT2D eigenvalue weighted by atomic mass is 15.3. The summed E-state index contributed by atoms with van der Waals surface area (Å²) < 4.78 is 0. The van der Waals surface area contributed by atoms with E-state index in [1.165, 1.54) is 51.1 Å². The number of rotatable bonds is 4. The van der Waals surface area contributed by atoms with Gasteiger partial charge in [-0.1, -0.05) is 42.5 Å². The van der Waals surface area contributed by atoms with E-state index in [0.29, 0.717) is 0 Å². The van der Waals surface area contributed by atoms with E-state index < -0.39 is 0 Å². The van der Waals surface area contributed by atoms with Gasteiger partial charge in [0.05, 0.1) is 0 Å². The fraction of sp³-hybridized carbons (Fsp3) is 0.579. The zero-order valence-corrected chi connectivity index (χ0v) is 12.8. The third-order valence-corrected chi connectivity index (χ3v) is 5.62.